The van der Waals surface area contributed by atoms with Crippen molar-refractivity contribution in [2.45, 2.75) is 13.2 Å². The van der Waals surface area contributed by atoms with Gasteiger partial charge in [0.05, 0.1) is 23.5 Å². The minimum absolute atomic E-state index is 0.135. The smallest absolute Gasteiger partial charge is 0.257 e. The zero-order valence-electron chi connectivity index (χ0n) is 18.9. The molecule has 3 aromatic carbocycles. The van der Waals surface area contributed by atoms with E-state index in [4.69, 9.17) is 26.3 Å². The average Bonchev–Trinajstić information content (AvgIpc) is 2.92. The van der Waals surface area contributed by atoms with Crippen LogP contribution in [0.3, 0.4) is 0 Å². The van der Waals surface area contributed by atoms with E-state index in [9.17, 15) is 10.1 Å². The van der Waals surface area contributed by atoms with Crippen LogP contribution in [0.1, 0.15) is 27.0 Å². The van der Waals surface area contributed by atoms with E-state index in [0.717, 1.165) is 11.1 Å². The van der Waals surface area contributed by atoms with Crippen molar-refractivity contribution in [1.82, 2.24) is 4.98 Å². The molecule has 4 rings (SSSR count). The summed E-state index contributed by atoms with van der Waals surface area (Å²) in [5.74, 6) is 0.653. The van der Waals surface area contributed by atoms with Gasteiger partial charge in [0.1, 0.15) is 30.5 Å². The zero-order valence-corrected chi connectivity index (χ0v) is 19.7. The number of amides is 1. The third-order valence-corrected chi connectivity index (χ3v) is 5.53. The number of ether oxygens (including phenoxy) is 2. The zero-order chi connectivity index (χ0) is 25.3. The monoisotopic (exact) mass is 500 g/mol. The number of aromatic nitrogens is 1. The number of hydrogen-bond donors (Lipinski definition) is 3. The topological polar surface area (TPSA) is 116 Å². The predicted octanol–water partition coefficient (Wildman–Crippen LogP) is 5.82. The number of nitrogens with zero attached hydrogens (tertiary/aromatic N) is 2. The second kappa shape index (κ2) is 11.7. The Bertz CT molecular complexity index is 1400. The number of nitriles is 1. The normalized spacial score (nSPS) is 10.2. The predicted molar refractivity (Wildman–Crippen MR) is 135 cm³/mol. The molecule has 1 amide bonds. The molecule has 0 radical (unpaired) electrons. The molecule has 0 atom stereocenters. The van der Waals surface area contributed by atoms with Crippen LogP contribution in [-0.4, -0.2) is 16.1 Å². The van der Waals surface area contributed by atoms with Gasteiger partial charge in [-0.1, -0.05) is 48.0 Å². The molecular weight excluding hydrogens is 480 g/mol. The number of carbonyl (C=O) groups excluding carboxylic acids is 1. The molecule has 0 aliphatic rings. The molecule has 36 heavy (non-hydrogen) atoms. The molecule has 3 N–H and O–H groups in total. The van der Waals surface area contributed by atoms with Crippen LogP contribution < -0.4 is 20.3 Å². The van der Waals surface area contributed by atoms with Crippen molar-refractivity contribution in [2.75, 3.05) is 10.8 Å². The van der Waals surface area contributed by atoms with E-state index in [1.807, 2.05) is 29.7 Å². The van der Waals surface area contributed by atoms with Crippen LogP contribution >= 0.6 is 11.6 Å². The van der Waals surface area contributed by atoms with Gasteiger partial charge in [0.2, 0.25) is 0 Å². The molecule has 0 aliphatic carbocycles. The largest absolute Gasteiger partial charge is 0.489 e. The second-order valence-corrected chi connectivity index (χ2v) is 8.04. The quantitative estimate of drug-likeness (QED) is 0.248. The molecule has 0 aliphatic heterocycles. The maximum Gasteiger partial charge on any atom is 0.257 e. The highest BCUT2D eigenvalue weighted by molar-refractivity contribution is 6.31. The molecular formula is C27H21ClN4O4. The number of halogens is 1. The fourth-order valence-electron chi connectivity index (χ4n) is 3.28. The van der Waals surface area contributed by atoms with Crippen molar-refractivity contribution in [1.29, 1.82) is 5.26 Å². The first kappa shape index (κ1) is 24.5. The Morgan fingerprint density at radius 1 is 0.944 bits per heavy atom. The lowest BCUT2D eigenvalue weighted by molar-refractivity contribution is 0.102. The van der Waals surface area contributed by atoms with Crippen molar-refractivity contribution in [3.05, 3.63) is 112 Å². The Labute approximate surface area is 212 Å². The highest BCUT2D eigenvalue weighted by Gasteiger charge is 2.13. The molecule has 0 saturated heterocycles. The molecule has 0 bridgehead atoms. The van der Waals surface area contributed by atoms with Crippen molar-refractivity contribution >= 4 is 29.0 Å². The lowest BCUT2D eigenvalue weighted by atomic mass is 10.1. The summed E-state index contributed by atoms with van der Waals surface area (Å²) in [6.07, 6.45) is 1.37. The molecule has 0 spiro atoms. The van der Waals surface area contributed by atoms with E-state index in [-0.39, 0.29) is 18.8 Å². The van der Waals surface area contributed by atoms with Gasteiger partial charge in [-0.2, -0.15) is 5.26 Å². The minimum atomic E-state index is -0.433. The van der Waals surface area contributed by atoms with E-state index in [0.29, 0.717) is 33.6 Å². The first-order valence-corrected chi connectivity index (χ1v) is 11.2. The molecule has 8 nitrogen and oxygen atoms in total. The summed E-state index contributed by atoms with van der Waals surface area (Å²) in [6.45, 7) is 0.328. The average molecular weight is 501 g/mol. The van der Waals surface area contributed by atoms with Gasteiger partial charge < -0.3 is 14.8 Å². The van der Waals surface area contributed by atoms with Gasteiger partial charge in [-0.3, -0.25) is 15.5 Å². The maximum atomic E-state index is 13.0. The van der Waals surface area contributed by atoms with Gasteiger partial charge in [-0.25, -0.2) is 4.98 Å². The van der Waals surface area contributed by atoms with Crippen LogP contribution in [0.15, 0.2) is 85.1 Å². The van der Waals surface area contributed by atoms with Crippen molar-refractivity contribution < 1.29 is 19.5 Å². The van der Waals surface area contributed by atoms with Crippen molar-refractivity contribution in [3.63, 3.8) is 0 Å². The summed E-state index contributed by atoms with van der Waals surface area (Å²) in [4.78, 5) is 17.1. The van der Waals surface area contributed by atoms with E-state index in [2.05, 4.69) is 16.4 Å². The molecule has 0 unspecified atom stereocenters. The summed E-state index contributed by atoms with van der Waals surface area (Å²) >= 11 is 6.24. The third kappa shape index (κ3) is 6.30. The Kier molecular flexibility index (Phi) is 7.98. The first-order valence-electron chi connectivity index (χ1n) is 10.9. The molecule has 0 saturated carbocycles. The summed E-state index contributed by atoms with van der Waals surface area (Å²) in [6, 6.07) is 24.5. The van der Waals surface area contributed by atoms with Gasteiger partial charge in [0.25, 0.3) is 5.91 Å². The Morgan fingerprint density at radius 3 is 2.25 bits per heavy atom. The number of benzene rings is 3. The number of nitrogens with one attached hydrogen (secondary N) is 2. The molecule has 0 fully saturated rings. The molecule has 1 heterocycles. The molecule has 180 valence electrons. The van der Waals surface area contributed by atoms with E-state index >= 15 is 0 Å². The van der Waals surface area contributed by atoms with Crippen molar-refractivity contribution in [2.24, 2.45) is 0 Å². The van der Waals surface area contributed by atoms with Gasteiger partial charge in [-0.15, -0.1) is 0 Å². The Hall–Kier alpha value is -4.58. The van der Waals surface area contributed by atoms with Crippen LogP contribution in [-0.2, 0) is 13.2 Å². The van der Waals surface area contributed by atoms with Gasteiger partial charge >= 0.3 is 0 Å². The fraction of sp³-hybridized carbons (Fsp3) is 0.0741. The Balaban J connectivity index is 1.57. The third-order valence-electron chi connectivity index (χ3n) is 5.16. The molecule has 1 aromatic heterocycles. The van der Waals surface area contributed by atoms with E-state index < -0.39 is 5.91 Å². The minimum Gasteiger partial charge on any atom is -0.489 e. The summed E-state index contributed by atoms with van der Waals surface area (Å²) in [5.41, 5.74) is 4.67. The number of hydrogen-bond acceptors (Lipinski definition) is 7. The van der Waals surface area contributed by atoms with Gasteiger partial charge in [0, 0.05) is 27.8 Å². The SMILES string of the molecule is N#Cc1ccccc1COc1cc(OCc2ccccc2Cl)cc(C(=O)Nc2ccc(NO)cn2)c1. The number of rotatable bonds is 9. The van der Waals surface area contributed by atoms with Crippen LogP contribution in [0.2, 0.25) is 5.02 Å². The highest BCUT2D eigenvalue weighted by Crippen LogP contribution is 2.27. The van der Waals surface area contributed by atoms with Gasteiger partial charge in [-0.05, 0) is 36.4 Å². The Morgan fingerprint density at radius 2 is 1.61 bits per heavy atom. The van der Waals surface area contributed by atoms with Crippen LogP contribution in [0, 0.1) is 11.3 Å². The summed E-state index contributed by atoms with van der Waals surface area (Å²) < 4.78 is 11.9. The highest BCUT2D eigenvalue weighted by atomic mass is 35.5. The fourth-order valence-corrected chi connectivity index (χ4v) is 3.48. The second-order valence-electron chi connectivity index (χ2n) is 7.63. The van der Waals surface area contributed by atoms with Crippen LogP contribution in [0.5, 0.6) is 11.5 Å². The van der Waals surface area contributed by atoms with Gasteiger partial charge in [0.15, 0.2) is 0 Å². The molecule has 4 aromatic rings. The number of anilines is 2. The number of carbonyl (C=O) groups is 1. The maximum absolute atomic E-state index is 13.0. The lowest BCUT2D eigenvalue weighted by Gasteiger charge is -2.14. The van der Waals surface area contributed by atoms with Crippen LogP contribution in [0.25, 0.3) is 0 Å². The lowest BCUT2D eigenvalue weighted by Crippen LogP contribution is -2.13. The van der Waals surface area contributed by atoms with Crippen molar-refractivity contribution in [3.8, 4) is 17.6 Å². The van der Waals surface area contributed by atoms with E-state index in [1.54, 1.807) is 54.6 Å². The summed E-state index contributed by atoms with van der Waals surface area (Å²) in [7, 11) is 0. The standard InChI is InChI=1S/C27H21ClN4O4/c28-25-8-4-3-7-20(25)17-36-24-12-21(27(33)31-26-10-9-22(32-34)15-30-26)11-23(13-24)35-16-19-6-2-1-5-18(19)14-29/h1-13,15,32,34H,16-17H2,(H,30,31,33). The summed E-state index contributed by atoms with van der Waals surface area (Å²) in [5, 5.41) is 21.5. The first-order chi connectivity index (χ1) is 17.6. The number of pyridine rings is 1. The van der Waals surface area contributed by atoms with E-state index in [1.165, 1.54) is 6.20 Å². The van der Waals surface area contributed by atoms with Crippen LogP contribution in [0.4, 0.5) is 11.5 Å². The molecule has 9 heteroatoms.